The molecule has 0 spiro atoms. The molecule has 1 aliphatic rings. The molecule has 0 radical (unpaired) electrons. The largest absolute Gasteiger partial charge is 0.454 e. The van der Waals surface area contributed by atoms with Crippen LogP contribution in [-0.2, 0) is 12.2 Å². The Balaban J connectivity index is 1.42. The molecule has 2 aromatic heterocycles. The van der Waals surface area contributed by atoms with Crippen molar-refractivity contribution in [2.75, 3.05) is 6.79 Å². The lowest BCUT2D eigenvalue weighted by molar-refractivity contribution is 0.174. The van der Waals surface area contributed by atoms with E-state index in [2.05, 4.69) is 27.5 Å². The second-order valence-corrected chi connectivity index (χ2v) is 7.08. The summed E-state index contributed by atoms with van der Waals surface area (Å²) in [5.74, 6) is 2.63. The summed E-state index contributed by atoms with van der Waals surface area (Å²) < 4.78 is 16.4. The number of thiazole rings is 1. The molecule has 1 aromatic carbocycles. The number of thioether (sulfide) groups is 1. The Bertz CT molecular complexity index is 847. The van der Waals surface area contributed by atoms with Gasteiger partial charge >= 0.3 is 0 Å². The predicted octanol–water partition coefficient (Wildman–Crippen LogP) is 4.17. The maximum absolute atomic E-state index is 5.73. The van der Waals surface area contributed by atoms with E-state index < -0.39 is 0 Å². The molecule has 3 aromatic rings. The molecule has 1 aliphatic heterocycles. The molecule has 4 rings (SSSR count). The molecule has 8 heteroatoms. The van der Waals surface area contributed by atoms with Gasteiger partial charge in [0.2, 0.25) is 12.7 Å². The van der Waals surface area contributed by atoms with Crippen molar-refractivity contribution in [1.29, 1.82) is 0 Å². The molecular formula is C16H15N3O3S2. The zero-order valence-corrected chi connectivity index (χ0v) is 14.7. The normalized spacial score (nSPS) is 12.7. The Morgan fingerprint density at radius 2 is 2.12 bits per heavy atom. The number of benzene rings is 1. The Labute approximate surface area is 147 Å². The third kappa shape index (κ3) is 3.25. The van der Waals surface area contributed by atoms with E-state index in [9.17, 15) is 0 Å². The molecule has 0 unspecified atom stereocenters. The van der Waals surface area contributed by atoms with Crippen LogP contribution in [0, 0.1) is 0 Å². The highest BCUT2D eigenvalue weighted by molar-refractivity contribution is 7.98. The first-order chi connectivity index (χ1) is 11.8. The van der Waals surface area contributed by atoms with Gasteiger partial charge in [0, 0.05) is 16.7 Å². The van der Waals surface area contributed by atoms with Crippen LogP contribution in [0.3, 0.4) is 0 Å². The molecule has 0 saturated heterocycles. The van der Waals surface area contributed by atoms with E-state index in [0.717, 1.165) is 35.6 Å². The number of hydrogen-bond donors (Lipinski definition) is 0. The Morgan fingerprint density at radius 3 is 3.04 bits per heavy atom. The number of aromatic nitrogens is 3. The highest BCUT2D eigenvalue weighted by Gasteiger charge is 2.17. The zero-order chi connectivity index (χ0) is 16.4. The third-order valence-electron chi connectivity index (χ3n) is 3.43. The first-order valence-electron chi connectivity index (χ1n) is 7.61. The van der Waals surface area contributed by atoms with Gasteiger partial charge in [-0.05, 0) is 31.0 Å². The maximum atomic E-state index is 5.73. The number of hydrogen-bond acceptors (Lipinski definition) is 8. The van der Waals surface area contributed by atoms with Gasteiger partial charge in [-0.2, -0.15) is 0 Å². The second-order valence-electron chi connectivity index (χ2n) is 5.21. The monoisotopic (exact) mass is 361 g/mol. The minimum atomic E-state index is 0.247. The molecule has 0 atom stereocenters. The smallest absolute Gasteiger partial charge is 0.277 e. The Hall–Kier alpha value is -2.06. The number of aryl methyl sites for hydroxylation is 1. The van der Waals surface area contributed by atoms with Crippen molar-refractivity contribution >= 4 is 23.1 Å². The van der Waals surface area contributed by atoms with Gasteiger partial charge in [-0.1, -0.05) is 18.7 Å². The van der Waals surface area contributed by atoms with Crippen molar-refractivity contribution < 1.29 is 13.9 Å². The van der Waals surface area contributed by atoms with Crippen molar-refractivity contribution in [2.45, 2.75) is 30.7 Å². The third-order valence-corrected chi connectivity index (χ3v) is 5.24. The van der Waals surface area contributed by atoms with Crippen LogP contribution in [0.25, 0.3) is 11.5 Å². The number of ether oxygens (including phenoxy) is 2. The summed E-state index contributed by atoms with van der Waals surface area (Å²) in [6.45, 7) is 2.41. The van der Waals surface area contributed by atoms with Crippen LogP contribution in [0.5, 0.6) is 11.5 Å². The fourth-order valence-electron chi connectivity index (χ4n) is 2.29. The first kappa shape index (κ1) is 15.5. The average molecular weight is 361 g/mol. The second kappa shape index (κ2) is 6.82. The lowest BCUT2D eigenvalue weighted by atomic mass is 10.2. The van der Waals surface area contributed by atoms with Gasteiger partial charge < -0.3 is 13.9 Å². The quantitative estimate of drug-likeness (QED) is 0.610. The van der Waals surface area contributed by atoms with E-state index >= 15 is 0 Å². The zero-order valence-electron chi connectivity index (χ0n) is 13.0. The maximum Gasteiger partial charge on any atom is 0.277 e. The summed E-state index contributed by atoms with van der Waals surface area (Å²) in [4.78, 5) is 4.60. The number of rotatable bonds is 6. The lowest BCUT2D eigenvalue weighted by Gasteiger charge is -1.98. The summed E-state index contributed by atoms with van der Waals surface area (Å²) in [5, 5.41) is 12.0. The fourth-order valence-corrected chi connectivity index (χ4v) is 3.96. The standard InChI is InChI=1S/C16H15N3O3S2/c1-2-3-14-17-11(7-23-14)8-24-16-19-18-15(22-16)10-4-5-12-13(6-10)21-9-20-12/h4-7H,2-3,8-9H2,1H3. The van der Waals surface area contributed by atoms with Gasteiger partial charge in [0.1, 0.15) is 0 Å². The van der Waals surface area contributed by atoms with Gasteiger partial charge in [-0.25, -0.2) is 4.98 Å². The summed E-state index contributed by atoms with van der Waals surface area (Å²) >= 11 is 3.20. The van der Waals surface area contributed by atoms with Crippen molar-refractivity contribution in [3.63, 3.8) is 0 Å². The van der Waals surface area contributed by atoms with E-state index in [-0.39, 0.29) is 6.79 Å². The summed E-state index contributed by atoms with van der Waals surface area (Å²) in [6.07, 6.45) is 2.15. The number of fused-ring (bicyclic) bond motifs is 1. The van der Waals surface area contributed by atoms with Gasteiger partial charge in [-0.3, -0.25) is 0 Å². The lowest BCUT2D eigenvalue weighted by Crippen LogP contribution is -1.92. The summed E-state index contributed by atoms with van der Waals surface area (Å²) in [7, 11) is 0. The van der Waals surface area contributed by atoms with Crippen molar-refractivity contribution in [3.8, 4) is 23.0 Å². The highest BCUT2D eigenvalue weighted by Crippen LogP contribution is 2.36. The van der Waals surface area contributed by atoms with Crippen LogP contribution in [0.1, 0.15) is 24.0 Å². The van der Waals surface area contributed by atoms with Gasteiger partial charge in [0.15, 0.2) is 11.5 Å². The molecule has 0 fully saturated rings. The van der Waals surface area contributed by atoms with E-state index in [1.807, 2.05) is 18.2 Å². The van der Waals surface area contributed by atoms with Crippen molar-refractivity contribution in [1.82, 2.24) is 15.2 Å². The molecule has 0 aliphatic carbocycles. The first-order valence-corrected chi connectivity index (χ1v) is 9.48. The van der Waals surface area contributed by atoms with E-state index in [4.69, 9.17) is 13.9 Å². The van der Waals surface area contributed by atoms with Gasteiger partial charge in [0.25, 0.3) is 5.22 Å². The van der Waals surface area contributed by atoms with Crippen molar-refractivity contribution in [2.24, 2.45) is 0 Å². The molecule has 0 amide bonds. The minimum absolute atomic E-state index is 0.247. The number of nitrogens with zero attached hydrogens (tertiary/aromatic N) is 3. The summed E-state index contributed by atoms with van der Waals surface area (Å²) in [5.41, 5.74) is 1.87. The molecule has 0 N–H and O–H groups in total. The van der Waals surface area contributed by atoms with Crippen molar-refractivity contribution in [3.05, 3.63) is 34.3 Å². The molecule has 3 heterocycles. The van der Waals surface area contributed by atoms with Crippen LogP contribution in [0.2, 0.25) is 0 Å². The Morgan fingerprint density at radius 1 is 1.21 bits per heavy atom. The van der Waals surface area contributed by atoms with E-state index in [1.165, 1.54) is 16.8 Å². The average Bonchev–Trinajstić information content (AvgIpc) is 3.33. The van der Waals surface area contributed by atoms with Crippen LogP contribution in [0.15, 0.2) is 33.2 Å². The molecule has 0 saturated carbocycles. The fraction of sp³-hybridized carbons (Fsp3) is 0.312. The minimum Gasteiger partial charge on any atom is -0.454 e. The molecule has 0 bridgehead atoms. The van der Waals surface area contributed by atoms with Gasteiger partial charge in [0.05, 0.1) is 10.7 Å². The van der Waals surface area contributed by atoms with Gasteiger partial charge in [-0.15, -0.1) is 21.5 Å². The molecule has 24 heavy (non-hydrogen) atoms. The Kier molecular flexibility index (Phi) is 4.40. The van der Waals surface area contributed by atoms with Crippen LogP contribution in [-0.4, -0.2) is 22.0 Å². The topological polar surface area (TPSA) is 70.3 Å². The molecule has 6 nitrogen and oxygen atoms in total. The van der Waals surface area contributed by atoms with Crippen LogP contribution in [0.4, 0.5) is 0 Å². The SMILES string of the molecule is CCCc1nc(CSc2nnc(-c3ccc4c(c3)OCO4)o2)cs1. The van der Waals surface area contributed by atoms with Crippen LogP contribution < -0.4 is 9.47 Å². The molecular weight excluding hydrogens is 346 g/mol. The van der Waals surface area contributed by atoms with E-state index in [1.54, 1.807) is 11.3 Å². The summed E-state index contributed by atoms with van der Waals surface area (Å²) in [6, 6.07) is 5.58. The van der Waals surface area contributed by atoms with E-state index in [0.29, 0.717) is 16.9 Å². The predicted molar refractivity (Wildman–Crippen MR) is 91.5 cm³/mol. The molecule has 124 valence electrons. The highest BCUT2D eigenvalue weighted by atomic mass is 32.2. The van der Waals surface area contributed by atoms with Crippen LogP contribution >= 0.6 is 23.1 Å².